The summed E-state index contributed by atoms with van der Waals surface area (Å²) in [5.41, 5.74) is 2.78. The van der Waals surface area contributed by atoms with Gasteiger partial charge in [-0.1, -0.05) is 0 Å². The maximum absolute atomic E-state index is 11.3. The fourth-order valence-corrected chi connectivity index (χ4v) is 2.15. The number of nitrogens with zero attached hydrogens (tertiary/aromatic N) is 4. The molecule has 0 unspecified atom stereocenters. The molecule has 3 rings (SSSR count). The van der Waals surface area contributed by atoms with Crippen LogP contribution in [0.1, 0.15) is 10.4 Å². The quantitative estimate of drug-likeness (QED) is 0.687. The van der Waals surface area contributed by atoms with Crippen LogP contribution in [0.2, 0.25) is 0 Å². The fraction of sp³-hybridized carbons (Fsp3) is 0.133. The second-order valence-corrected chi connectivity index (χ2v) is 4.53. The number of aromatic nitrogens is 4. The molecule has 0 atom stereocenters. The van der Waals surface area contributed by atoms with Crippen LogP contribution in [0.5, 0.6) is 5.75 Å². The van der Waals surface area contributed by atoms with Gasteiger partial charge >= 0.3 is 0 Å². The Balaban J connectivity index is 2.06. The van der Waals surface area contributed by atoms with Crippen molar-refractivity contribution in [3.05, 3.63) is 48.3 Å². The number of ether oxygens (including phenoxy) is 1. The lowest BCUT2D eigenvalue weighted by Gasteiger charge is -2.03. The highest BCUT2D eigenvalue weighted by atomic mass is 16.5. The molecule has 0 saturated heterocycles. The minimum Gasteiger partial charge on any atom is -0.497 e. The van der Waals surface area contributed by atoms with Crippen LogP contribution >= 0.6 is 0 Å². The van der Waals surface area contributed by atoms with Crippen molar-refractivity contribution in [1.82, 2.24) is 19.6 Å². The third-order valence-corrected chi connectivity index (χ3v) is 3.27. The Bertz CT molecular complexity index is 771. The van der Waals surface area contributed by atoms with Crippen LogP contribution in [0.4, 0.5) is 0 Å². The van der Waals surface area contributed by atoms with E-state index in [0.717, 1.165) is 23.4 Å². The summed E-state index contributed by atoms with van der Waals surface area (Å²) in [6.07, 6.45) is 4.18. The van der Waals surface area contributed by atoms with E-state index in [-0.39, 0.29) is 0 Å². The molecule has 3 aromatic rings. The molecule has 0 N–H and O–H groups in total. The standard InChI is InChI=1S/C15H14N4O2/c1-18-14(7-8-16-18)15-11(10-20)9-19(17-15)12-3-5-13(21-2)6-4-12/h3-10H,1-2H3. The molecule has 0 aliphatic rings. The van der Waals surface area contributed by atoms with Crippen LogP contribution in [-0.2, 0) is 7.05 Å². The van der Waals surface area contributed by atoms with Crippen molar-refractivity contribution in [1.29, 1.82) is 0 Å². The molecular formula is C15H14N4O2. The number of hydrogen-bond donors (Lipinski definition) is 0. The van der Waals surface area contributed by atoms with Crippen molar-refractivity contribution in [3.63, 3.8) is 0 Å². The van der Waals surface area contributed by atoms with E-state index in [1.807, 2.05) is 37.4 Å². The highest BCUT2D eigenvalue weighted by Gasteiger charge is 2.14. The van der Waals surface area contributed by atoms with Gasteiger partial charge in [-0.15, -0.1) is 0 Å². The zero-order chi connectivity index (χ0) is 14.8. The van der Waals surface area contributed by atoms with Gasteiger partial charge in [-0.25, -0.2) is 4.68 Å². The summed E-state index contributed by atoms with van der Waals surface area (Å²) in [7, 11) is 3.43. The van der Waals surface area contributed by atoms with Gasteiger partial charge in [-0.2, -0.15) is 10.2 Å². The first-order chi connectivity index (χ1) is 10.2. The lowest BCUT2D eigenvalue weighted by Crippen LogP contribution is -1.98. The van der Waals surface area contributed by atoms with Crippen molar-refractivity contribution < 1.29 is 9.53 Å². The average molecular weight is 282 g/mol. The van der Waals surface area contributed by atoms with E-state index < -0.39 is 0 Å². The summed E-state index contributed by atoms with van der Waals surface area (Å²) in [5, 5.41) is 8.60. The summed E-state index contributed by atoms with van der Waals surface area (Å²) < 4.78 is 8.49. The SMILES string of the molecule is COc1ccc(-n2cc(C=O)c(-c3ccnn3C)n2)cc1. The molecule has 0 saturated carbocycles. The molecule has 6 heteroatoms. The van der Waals surface area contributed by atoms with E-state index in [4.69, 9.17) is 4.74 Å². The molecule has 0 amide bonds. The van der Waals surface area contributed by atoms with Gasteiger partial charge in [-0.3, -0.25) is 9.48 Å². The van der Waals surface area contributed by atoms with Gasteiger partial charge in [0.25, 0.3) is 0 Å². The first-order valence-electron chi connectivity index (χ1n) is 6.40. The minimum absolute atomic E-state index is 0.523. The summed E-state index contributed by atoms with van der Waals surface area (Å²) >= 11 is 0. The van der Waals surface area contributed by atoms with Gasteiger partial charge in [0, 0.05) is 19.4 Å². The predicted octanol–water partition coefficient (Wildman–Crippen LogP) is 2.09. The fourth-order valence-electron chi connectivity index (χ4n) is 2.15. The molecule has 0 aliphatic carbocycles. The molecule has 6 nitrogen and oxygen atoms in total. The van der Waals surface area contributed by atoms with Crippen molar-refractivity contribution in [2.24, 2.45) is 7.05 Å². The maximum atomic E-state index is 11.3. The van der Waals surface area contributed by atoms with E-state index >= 15 is 0 Å². The van der Waals surface area contributed by atoms with Gasteiger partial charge < -0.3 is 4.74 Å². The van der Waals surface area contributed by atoms with Crippen LogP contribution < -0.4 is 4.74 Å². The number of methoxy groups -OCH3 is 1. The summed E-state index contributed by atoms with van der Waals surface area (Å²) in [4.78, 5) is 11.3. The Kier molecular flexibility index (Phi) is 3.27. The van der Waals surface area contributed by atoms with Gasteiger partial charge in [-0.05, 0) is 30.3 Å². The number of carbonyl (C=O) groups is 1. The van der Waals surface area contributed by atoms with E-state index in [1.54, 1.807) is 28.9 Å². The van der Waals surface area contributed by atoms with Crippen molar-refractivity contribution >= 4 is 6.29 Å². The van der Waals surface area contributed by atoms with Crippen molar-refractivity contribution in [2.45, 2.75) is 0 Å². The van der Waals surface area contributed by atoms with E-state index in [1.165, 1.54) is 0 Å². The molecule has 0 spiro atoms. The molecular weight excluding hydrogens is 268 g/mol. The lowest BCUT2D eigenvalue weighted by molar-refractivity contribution is 0.112. The molecule has 0 fully saturated rings. The third-order valence-electron chi connectivity index (χ3n) is 3.27. The smallest absolute Gasteiger partial charge is 0.153 e. The molecule has 1 aromatic carbocycles. The topological polar surface area (TPSA) is 61.9 Å². The van der Waals surface area contributed by atoms with E-state index in [2.05, 4.69) is 10.2 Å². The predicted molar refractivity (Wildman–Crippen MR) is 77.7 cm³/mol. The first kappa shape index (κ1) is 13.1. The molecule has 2 heterocycles. The zero-order valence-corrected chi connectivity index (χ0v) is 11.7. The Morgan fingerprint density at radius 2 is 1.95 bits per heavy atom. The van der Waals surface area contributed by atoms with E-state index in [9.17, 15) is 4.79 Å². The zero-order valence-electron chi connectivity index (χ0n) is 11.7. The lowest BCUT2D eigenvalue weighted by atomic mass is 10.2. The summed E-state index contributed by atoms with van der Waals surface area (Å²) in [6.45, 7) is 0. The molecule has 0 radical (unpaired) electrons. The number of carbonyl (C=O) groups excluding carboxylic acids is 1. The molecule has 106 valence electrons. The van der Waals surface area contributed by atoms with Gasteiger partial charge in [0.15, 0.2) is 6.29 Å². The van der Waals surface area contributed by atoms with Crippen LogP contribution in [0.3, 0.4) is 0 Å². The van der Waals surface area contributed by atoms with Gasteiger partial charge in [0.2, 0.25) is 0 Å². The Labute approximate surface area is 121 Å². The number of benzene rings is 1. The van der Waals surface area contributed by atoms with E-state index in [0.29, 0.717) is 11.3 Å². The van der Waals surface area contributed by atoms with Crippen LogP contribution in [-0.4, -0.2) is 33.0 Å². The number of rotatable bonds is 4. The second-order valence-electron chi connectivity index (χ2n) is 4.53. The highest BCUT2D eigenvalue weighted by Crippen LogP contribution is 2.22. The number of aryl methyl sites for hydroxylation is 1. The van der Waals surface area contributed by atoms with Crippen LogP contribution in [0, 0.1) is 0 Å². The summed E-state index contributed by atoms with van der Waals surface area (Å²) in [6, 6.07) is 9.29. The normalized spacial score (nSPS) is 10.6. The van der Waals surface area contributed by atoms with Gasteiger partial charge in [0.1, 0.15) is 11.4 Å². The molecule has 0 aliphatic heterocycles. The van der Waals surface area contributed by atoms with Crippen molar-refractivity contribution in [2.75, 3.05) is 7.11 Å². The third kappa shape index (κ3) is 2.31. The largest absolute Gasteiger partial charge is 0.497 e. The maximum Gasteiger partial charge on any atom is 0.153 e. The highest BCUT2D eigenvalue weighted by molar-refractivity contribution is 5.84. The Morgan fingerprint density at radius 3 is 2.52 bits per heavy atom. The monoisotopic (exact) mass is 282 g/mol. The number of aldehydes is 1. The Morgan fingerprint density at radius 1 is 1.19 bits per heavy atom. The first-order valence-corrected chi connectivity index (χ1v) is 6.40. The Hall–Kier alpha value is -2.89. The second kappa shape index (κ2) is 5.24. The molecule has 0 bridgehead atoms. The average Bonchev–Trinajstić information content (AvgIpc) is 3.13. The number of hydrogen-bond acceptors (Lipinski definition) is 4. The molecule has 21 heavy (non-hydrogen) atoms. The summed E-state index contributed by atoms with van der Waals surface area (Å²) in [5.74, 6) is 0.772. The van der Waals surface area contributed by atoms with Crippen molar-refractivity contribution in [3.8, 4) is 22.8 Å². The minimum atomic E-state index is 0.523. The molecule has 2 aromatic heterocycles. The van der Waals surface area contributed by atoms with Crippen LogP contribution in [0.25, 0.3) is 17.1 Å². The van der Waals surface area contributed by atoms with Crippen LogP contribution in [0.15, 0.2) is 42.7 Å². The van der Waals surface area contributed by atoms with Gasteiger partial charge in [0.05, 0.1) is 24.1 Å².